The Morgan fingerprint density at radius 3 is 3.17 bits per heavy atom. The molecule has 23 heavy (non-hydrogen) atoms. The number of hydrogen-bond acceptors (Lipinski definition) is 4. The SMILES string of the molecule is CN(Cc1cccnc1)CC1CCN(C(=O)Nc2ccsc2)C1. The third kappa shape index (κ3) is 4.53. The predicted molar refractivity (Wildman–Crippen MR) is 93.6 cm³/mol. The second-order valence-corrected chi connectivity index (χ2v) is 6.88. The number of thiophene rings is 1. The number of nitrogens with zero attached hydrogens (tertiary/aromatic N) is 3. The molecule has 2 aromatic heterocycles. The number of pyridine rings is 1. The smallest absolute Gasteiger partial charge is 0.321 e. The van der Waals surface area contributed by atoms with Crippen molar-refractivity contribution < 1.29 is 4.79 Å². The summed E-state index contributed by atoms with van der Waals surface area (Å²) in [4.78, 5) is 20.6. The third-order valence-corrected chi connectivity index (χ3v) is 4.77. The fourth-order valence-corrected chi connectivity index (χ4v) is 3.60. The van der Waals surface area contributed by atoms with Gasteiger partial charge in [-0.3, -0.25) is 4.98 Å². The zero-order valence-electron chi connectivity index (χ0n) is 13.3. The number of urea groups is 1. The summed E-state index contributed by atoms with van der Waals surface area (Å²) in [6.45, 7) is 3.55. The molecule has 1 aliphatic rings. The summed E-state index contributed by atoms with van der Waals surface area (Å²) in [7, 11) is 2.13. The molecule has 1 saturated heterocycles. The topological polar surface area (TPSA) is 48.5 Å². The zero-order valence-corrected chi connectivity index (χ0v) is 14.1. The van der Waals surface area contributed by atoms with Gasteiger partial charge >= 0.3 is 6.03 Å². The molecular weight excluding hydrogens is 308 g/mol. The van der Waals surface area contributed by atoms with Crippen LogP contribution in [0, 0.1) is 5.92 Å². The Morgan fingerprint density at radius 2 is 2.43 bits per heavy atom. The first-order chi connectivity index (χ1) is 11.2. The van der Waals surface area contributed by atoms with Gasteiger partial charge in [-0.25, -0.2) is 4.79 Å². The quantitative estimate of drug-likeness (QED) is 0.916. The fourth-order valence-electron chi connectivity index (χ4n) is 3.01. The monoisotopic (exact) mass is 330 g/mol. The van der Waals surface area contributed by atoms with E-state index in [0.29, 0.717) is 5.92 Å². The van der Waals surface area contributed by atoms with Crippen molar-refractivity contribution in [2.45, 2.75) is 13.0 Å². The molecule has 3 rings (SSSR count). The molecule has 0 spiro atoms. The molecule has 1 unspecified atom stereocenters. The van der Waals surface area contributed by atoms with E-state index < -0.39 is 0 Å². The third-order valence-electron chi connectivity index (χ3n) is 4.09. The maximum Gasteiger partial charge on any atom is 0.321 e. The molecule has 1 atom stereocenters. The van der Waals surface area contributed by atoms with Crippen LogP contribution in [-0.4, -0.2) is 47.5 Å². The number of rotatable bonds is 5. The number of aromatic nitrogens is 1. The van der Waals surface area contributed by atoms with Gasteiger partial charge in [0.05, 0.1) is 5.69 Å². The summed E-state index contributed by atoms with van der Waals surface area (Å²) in [5, 5.41) is 6.87. The van der Waals surface area contributed by atoms with Crippen LogP contribution >= 0.6 is 11.3 Å². The minimum Gasteiger partial charge on any atom is -0.324 e. The summed E-state index contributed by atoms with van der Waals surface area (Å²) in [6, 6.07) is 6.01. The Kier molecular flexibility index (Phi) is 5.25. The van der Waals surface area contributed by atoms with Gasteiger partial charge in [-0.15, -0.1) is 0 Å². The van der Waals surface area contributed by atoms with Crippen LogP contribution in [-0.2, 0) is 6.54 Å². The Labute approximate surface area is 140 Å². The number of carbonyl (C=O) groups excluding carboxylic acids is 1. The van der Waals surface area contributed by atoms with Crippen molar-refractivity contribution in [3.63, 3.8) is 0 Å². The molecule has 6 heteroatoms. The maximum absolute atomic E-state index is 12.2. The number of amides is 2. The van der Waals surface area contributed by atoms with Crippen LogP contribution in [0.1, 0.15) is 12.0 Å². The first kappa shape index (κ1) is 16.0. The van der Waals surface area contributed by atoms with E-state index >= 15 is 0 Å². The number of nitrogens with one attached hydrogen (secondary N) is 1. The van der Waals surface area contributed by atoms with Gasteiger partial charge < -0.3 is 15.1 Å². The van der Waals surface area contributed by atoms with Crippen LogP contribution in [0.2, 0.25) is 0 Å². The molecule has 5 nitrogen and oxygen atoms in total. The Hall–Kier alpha value is -1.92. The van der Waals surface area contributed by atoms with Crippen LogP contribution in [0.25, 0.3) is 0 Å². The highest BCUT2D eigenvalue weighted by Gasteiger charge is 2.27. The number of hydrogen-bond donors (Lipinski definition) is 1. The number of carbonyl (C=O) groups is 1. The second kappa shape index (κ2) is 7.57. The predicted octanol–water partition coefficient (Wildman–Crippen LogP) is 3.13. The van der Waals surface area contributed by atoms with Gasteiger partial charge in [0.1, 0.15) is 0 Å². The minimum absolute atomic E-state index is 0.0146. The first-order valence-electron chi connectivity index (χ1n) is 7.86. The fraction of sp³-hybridized carbons (Fsp3) is 0.412. The lowest BCUT2D eigenvalue weighted by Crippen LogP contribution is -2.34. The molecule has 0 aliphatic carbocycles. The van der Waals surface area contributed by atoms with Crippen molar-refractivity contribution in [3.05, 3.63) is 46.9 Å². The van der Waals surface area contributed by atoms with Gasteiger partial charge in [-0.05, 0) is 42.5 Å². The molecule has 1 fully saturated rings. The highest BCUT2D eigenvalue weighted by Crippen LogP contribution is 2.20. The Bertz CT molecular complexity index is 617. The highest BCUT2D eigenvalue weighted by molar-refractivity contribution is 7.08. The van der Waals surface area contributed by atoms with Crippen LogP contribution in [0.5, 0.6) is 0 Å². The second-order valence-electron chi connectivity index (χ2n) is 6.10. The molecule has 122 valence electrons. The van der Waals surface area contributed by atoms with E-state index in [-0.39, 0.29) is 6.03 Å². The summed E-state index contributed by atoms with van der Waals surface area (Å²) in [5.41, 5.74) is 2.11. The molecule has 0 bridgehead atoms. The van der Waals surface area contributed by atoms with Gasteiger partial charge in [0.15, 0.2) is 0 Å². The lowest BCUT2D eigenvalue weighted by atomic mass is 10.1. The van der Waals surface area contributed by atoms with E-state index in [2.05, 4.69) is 28.3 Å². The van der Waals surface area contributed by atoms with E-state index in [9.17, 15) is 4.79 Å². The van der Waals surface area contributed by atoms with Gasteiger partial charge in [0, 0.05) is 44.0 Å². The highest BCUT2D eigenvalue weighted by atomic mass is 32.1. The molecule has 2 amide bonds. The van der Waals surface area contributed by atoms with Crippen molar-refractivity contribution in [1.82, 2.24) is 14.8 Å². The van der Waals surface area contributed by atoms with Gasteiger partial charge in [0.25, 0.3) is 0 Å². The van der Waals surface area contributed by atoms with Crippen LogP contribution < -0.4 is 5.32 Å². The lowest BCUT2D eigenvalue weighted by Gasteiger charge is -2.21. The van der Waals surface area contributed by atoms with Gasteiger partial charge in [-0.2, -0.15) is 11.3 Å². The van der Waals surface area contributed by atoms with Gasteiger partial charge in [0.2, 0.25) is 0 Å². The summed E-state index contributed by atoms with van der Waals surface area (Å²) < 4.78 is 0. The van der Waals surface area contributed by atoms with Gasteiger partial charge in [-0.1, -0.05) is 6.07 Å². The Morgan fingerprint density at radius 1 is 1.52 bits per heavy atom. The van der Waals surface area contributed by atoms with Crippen molar-refractivity contribution in [1.29, 1.82) is 0 Å². The van der Waals surface area contributed by atoms with Crippen molar-refractivity contribution in [2.24, 2.45) is 5.92 Å². The van der Waals surface area contributed by atoms with Crippen molar-refractivity contribution in [3.8, 4) is 0 Å². The summed E-state index contributed by atoms with van der Waals surface area (Å²) in [6.07, 6.45) is 4.77. The first-order valence-corrected chi connectivity index (χ1v) is 8.80. The molecule has 2 aromatic rings. The molecule has 0 aromatic carbocycles. The average molecular weight is 330 g/mol. The van der Waals surface area contributed by atoms with Crippen molar-refractivity contribution >= 4 is 23.1 Å². The lowest BCUT2D eigenvalue weighted by molar-refractivity contribution is 0.216. The summed E-state index contributed by atoms with van der Waals surface area (Å²) in [5.74, 6) is 0.532. The molecular formula is C17H22N4OS. The minimum atomic E-state index is 0.0146. The van der Waals surface area contributed by atoms with E-state index in [1.54, 1.807) is 17.5 Å². The molecule has 0 saturated carbocycles. The van der Waals surface area contributed by atoms with E-state index in [1.165, 1.54) is 5.56 Å². The van der Waals surface area contributed by atoms with Crippen LogP contribution in [0.15, 0.2) is 41.4 Å². The number of likely N-dealkylation sites (tertiary alicyclic amines) is 1. The molecule has 0 radical (unpaired) electrons. The maximum atomic E-state index is 12.2. The number of anilines is 1. The molecule has 1 N–H and O–H groups in total. The summed E-state index contributed by atoms with van der Waals surface area (Å²) >= 11 is 1.59. The molecule has 3 heterocycles. The molecule has 1 aliphatic heterocycles. The largest absolute Gasteiger partial charge is 0.324 e. The van der Waals surface area contributed by atoms with Crippen LogP contribution in [0.4, 0.5) is 10.5 Å². The van der Waals surface area contributed by atoms with E-state index in [0.717, 1.165) is 38.3 Å². The Balaban J connectivity index is 1.45. The zero-order chi connectivity index (χ0) is 16.1. The average Bonchev–Trinajstić information content (AvgIpc) is 3.20. The van der Waals surface area contributed by atoms with E-state index in [1.807, 2.05) is 34.0 Å². The standard InChI is InChI=1S/C17H22N4OS/c1-20(10-14-3-2-6-18-9-14)11-15-4-7-21(12-15)17(22)19-16-5-8-23-13-16/h2-3,5-6,8-9,13,15H,4,7,10-12H2,1H3,(H,19,22). The van der Waals surface area contributed by atoms with Crippen molar-refractivity contribution in [2.75, 3.05) is 32.0 Å². The normalized spacial score (nSPS) is 17.7. The van der Waals surface area contributed by atoms with E-state index in [4.69, 9.17) is 0 Å². The van der Waals surface area contributed by atoms with Crippen LogP contribution in [0.3, 0.4) is 0 Å².